The average molecular weight is 201 g/mol. The first-order valence-corrected chi connectivity index (χ1v) is 4.42. The van der Waals surface area contributed by atoms with Gasteiger partial charge < -0.3 is 9.47 Å². The maximum Gasteiger partial charge on any atom is 0.161 e. The lowest BCUT2D eigenvalue weighted by atomic mass is 10.3. The average Bonchev–Trinajstić information content (AvgIpc) is 2.19. The van der Waals surface area contributed by atoms with Gasteiger partial charge in [-0.3, -0.25) is 0 Å². The van der Waals surface area contributed by atoms with Crippen molar-refractivity contribution in [3.05, 3.63) is 23.2 Å². The summed E-state index contributed by atoms with van der Waals surface area (Å²) in [6, 6.07) is 1.63. The van der Waals surface area contributed by atoms with Crippen molar-refractivity contribution in [3.63, 3.8) is 0 Å². The Bertz CT molecular complexity index is 289. The zero-order valence-corrected chi connectivity index (χ0v) is 7.70. The van der Waals surface area contributed by atoms with Crippen LogP contribution < -0.4 is 0 Å². The van der Waals surface area contributed by atoms with Gasteiger partial charge in [0.25, 0.3) is 0 Å². The van der Waals surface area contributed by atoms with Crippen LogP contribution in [0.5, 0.6) is 0 Å². The maximum atomic E-state index is 5.72. The van der Waals surface area contributed by atoms with Gasteiger partial charge in [-0.1, -0.05) is 11.6 Å². The fraction of sp³-hybridized carbons (Fsp3) is 0.500. The van der Waals surface area contributed by atoms with Gasteiger partial charge in [-0.2, -0.15) is 0 Å². The van der Waals surface area contributed by atoms with E-state index in [4.69, 9.17) is 21.1 Å². The molecule has 1 aliphatic rings. The van der Waals surface area contributed by atoms with Crippen molar-refractivity contribution in [1.29, 1.82) is 0 Å². The van der Waals surface area contributed by atoms with Crippen molar-refractivity contribution in [2.75, 3.05) is 19.8 Å². The highest BCUT2D eigenvalue weighted by Crippen LogP contribution is 2.17. The topological polar surface area (TPSA) is 44.2 Å². The highest BCUT2D eigenvalue weighted by Gasteiger charge is 2.19. The minimum atomic E-state index is -0.174. The molecule has 0 saturated carbocycles. The number of halogens is 1. The van der Waals surface area contributed by atoms with Crippen molar-refractivity contribution in [3.8, 4) is 0 Å². The van der Waals surface area contributed by atoms with E-state index in [2.05, 4.69) is 9.97 Å². The van der Waals surface area contributed by atoms with Crippen LogP contribution in [0, 0.1) is 0 Å². The predicted molar refractivity (Wildman–Crippen MR) is 46.6 cm³/mol. The fourth-order valence-electron chi connectivity index (χ4n) is 1.14. The van der Waals surface area contributed by atoms with E-state index in [9.17, 15) is 0 Å². The van der Waals surface area contributed by atoms with Crippen LogP contribution in [-0.2, 0) is 9.47 Å². The lowest BCUT2D eigenvalue weighted by molar-refractivity contribution is -0.0935. The summed E-state index contributed by atoms with van der Waals surface area (Å²) in [5, 5.41) is 0.430. The summed E-state index contributed by atoms with van der Waals surface area (Å²) < 4.78 is 10.6. The van der Waals surface area contributed by atoms with Crippen LogP contribution in [0.3, 0.4) is 0 Å². The summed E-state index contributed by atoms with van der Waals surface area (Å²) in [5.41, 5.74) is 0. The second-order valence-corrected chi connectivity index (χ2v) is 3.06. The quantitative estimate of drug-likeness (QED) is 0.640. The highest BCUT2D eigenvalue weighted by atomic mass is 35.5. The summed E-state index contributed by atoms with van der Waals surface area (Å²) in [6.07, 6.45) is 1.44. The lowest BCUT2D eigenvalue weighted by Gasteiger charge is -2.21. The Hall–Kier alpha value is -0.710. The van der Waals surface area contributed by atoms with E-state index in [0.29, 0.717) is 30.8 Å². The van der Waals surface area contributed by atoms with Gasteiger partial charge in [-0.05, 0) is 6.07 Å². The van der Waals surface area contributed by atoms with Crippen molar-refractivity contribution < 1.29 is 9.47 Å². The van der Waals surface area contributed by atoms with Gasteiger partial charge in [-0.25, -0.2) is 9.97 Å². The molecule has 13 heavy (non-hydrogen) atoms. The molecule has 0 amide bonds. The number of rotatable bonds is 1. The molecule has 0 aliphatic carbocycles. The molecule has 1 unspecified atom stereocenters. The Labute approximate surface area is 80.9 Å². The van der Waals surface area contributed by atoms with Gasteiger partial charge in [0.15, 0.2) is 5.82 Å². The monoisotopic (exact) mass is 200 g/mol. The van der Waals surface area contributed by atoms with Gasteiger partial charge in [0.1, 0.15) is 11.3 Å². The normalized spacial score (nSPS) is 23.0. The van der Waals surface area contributed by atoms with E-state index in [0.717, 1.165) is 0 Å². The molecule has 70 valence electrons. The first kappa shape index (κ1) is 8.87. The van der Waals surface area contributed by atoms with Crippen molar-refractivity contribution in [2.24, 2.45) is 0 Å². The molecule has 2 heterocycles. The maximum absolute atomic E-state index is 5.72. The molecule has 5 heteroatoms. The molecule has 1 fully saturated rings. The first-order valence-electron chi connectivity index (χ1n) is 4.04. The molecular weight excluding hydrogens is 192 g/mol. The van der Waals surface area contributed by atoms with Crippen molar-refractivity contribution >= 4 is 11.6 Å². The molecular formula is C8H9ClN2O2. The van der Waals surface area contributed by atoms with Gasteiger partial charge in [0, 0.05) is 6.20 Å². The minimum absolute atomic E-state index is 0.174. The zero-order valence-electron chi connectivity index (χ0n) is 6.94. The molecule has 0 aromatic carbocycles. The number of nitrogens with zero attached hydrogens (tertiary/aromatic N) is 2. The molecule has 1 aromatic heterocycles. The van der Waals surface area contributed by atoms with Crippen LogP contribution >= 0.6 is 11.6 Å². The lowest BCUT2D eigenvalue weighted by Crippen LogP contribution is -2.23. The molecule has 1 atom stereocenters. The molecule has 1 aromatic rings. The third-order valence-corrected chi connectivity index (χ3v) is 1.95. The molecule has 0 spiro atoms. The molecule has 4 nitrogen and oxygen atoms in total. The highest BCUT2D eigenvalue weighted by molar-refractivity contribution is 6.29. The van der Waals surface area contributed by atoms with E-state index in [-0.39, 0.29) is 6.10 Å². The van der Waals surface area contributed by atoms with E-state index in [1.54, 1.807) is 12.3 Å². The Balaban J connectivity index is 2.14. The Morgan fingerprint density at radius 3 is 3.08 bits per heavy atom. The Kier molecular flexibility index (Phi) is 2.73. The van der Waals surface area contributed by atoms with Crippen LogP contribution in [0.25, 0.3) is 0 Å². The summed E-state index contributed by atoms with van der Waals surface area (Å²) in [6.45, 7) is 1.72. The SMILES string of the molecule is Clc1ccnc(C2COCCO2)n1. The minimum Gasteiger partial charge on any atom is -0.376 e. The molecule has 1 saturated heterocycles. The zero-order chi connectivity index (χ0) is 9.10. The molecule has 2 rings (SSSR count). The second kappa shape index (κ2) is 4.00. The van der Waals surface area contributed by atoms with Gasteiger partial charge in [-0.15, -0.1) is 0 Å². The van der Waals surface area contributed by atoms with Gasteiger partial charge in [0.2, 0.25) is 0 Å². The Morgan fingerprint density at radius 2 is 2.38 bits per heavy atom. The fourth-order valence-corrected chi connectivity index (χ4v) is 1.29. The van der Waals surface area contributed by atoms with Crippen LogP contribution in [-0.4, -0.2) is 29.8 Å². The van der Waals surface area contributed by atoms with Crippen molar-refractivity contribution in [1.82, 2.24) is 9.97 Å². The van der Waals surface area contributed by atoms with Crippen LogP contribution in [0.1, 0.15) is 11.9 Å². The van der Waals surface area contributed by atoms with Gasteiger partial charge in [0.05, 0.1) is 19.8 Å². The molecule has 0 bridgehead atoms. The summed E-state index contributed by atoms with van der Waals surface area (Å²) in [5.74, 6) is 0.590. The van der Waals surface area contributed by atoms with E-state index < -0.39 is 0 Å². The number of aromatic nitrogens is 2. The third kappa shape index (κ3) is 2.15. The second-order valence-electron chi connectivity index (χ2n) is 2.67. The number of hydrogen-bond donors (Lipinski definition) is 0. The van der Waals surface area contributed by atoms with Crippen LogP contribution in [0.4, 0.5) is 0 Å². The molecule has 1 aliphatic heterocycles. The van der Waals surface area contributed by atoms with Gasteiger partial charge >= 0.3 is 0 Å². The smallest absolute Gasteiger partial charge is 0.161 e. The van der Waals surface area contributed by atoms with E-state index in [1.165, 1.54) is 0 Å². The standard InChI is InChI=1S/C8H9ClN2O2/c9-7-1-2-10-8(11-7)6-5-12-3-4-13-6/h1-2,6H,3-5H2. The first-order chi connectivity index (χ1) is 6.36. The predicted octanol–water partition coefficient (Wildman–Crippen LogP) is 1.22. The van der Waals surface area contributed by atoms with Crippen molar-refractivity contribution in [2.45, 2.75) is 6.10 Å². The largest absolute Gasteiger partial charge is 0.376 e. The molecule has 0 N–H and O–H groups in total. The Morgan fingerprint density at radius 1 is 1.46 bits per heavy atom. The number of hydrogen-bond acceptors (Lipinski definition) is 4. The molecule has 0 radical (unpaired) electrons. The summed E-state index contributed by atoms with van der Waals surface area (Å²) in [4.78, 5) is 8.11. The number of ether oxygens (including phenoxy) is 2. The van der Waals surface area contributed by atoms with Crippen LogP contribution in [0.2, 0.25) is 5.15 Å². The van der Waals surface area contributed by atoms with E-state index in [1.807, 2.05) is 0 Å². The summed E-state index contributed by atoms with van der Waals surface area (Å²) in [7, 11) is 0. The third-order valence-electron chi connectivity index (χ3n) is 1.74. The van der Waals surface area contributed by atoms with Crippen LogP contribution in [0.15, 0.2) is 12.3 Å². The van der Waals surface area contributed by atoms with E-state index >= 15 is 0 Å². The summed E-state index contributed by atoms with van der Waals surface area (Å²) >= 11 is 5.72.